The lowest BCUT2D eigenvalue weighted by atomic mass is 10.2. The van der Waals surface area contributed by atoms with E-state index in [1.165, 1.54) is 0 Å². The number of hydrogen-bond donors (Lipinski definition) is 2. The zero-order chi connectivity index (χ0) is 13.3. The molecule has 0 amide bonds. The fourth-order valence-electron chi connectivity index (χ4n) is 1.42. The topological polar surface area (TPSA) is 62.2 Å². The minimum atomic E-state index is -0.967. The van der Waals surface area contributed by atoms with Crippen molar-refractivity contribution in [3.05, 3.63) is 37.5 Å². The number of rotatable bonds is 3. The molecule has 0 radical (unpaired) electrons. The van der Waals surface area contributed by atoms with Crippen LogP contribution in [0, 0.1) is 10.5 Å². The Kier molecular flexibility index (Phi) is 4.23. The van der Waals surface area contributed by atoms with Gasteiger partial charge in [0.2, 0.25) is 0 Å². The molecule has 0 saturated carbocycles. The Bertz CT molecular complexity index is 615. The van der Waals surface area contributed by atoms with Crippen molar-refractivity contribution in [2.75, 3.05) is 5.32 Å². The first kappa shape index (κ1) is 13.8. The van der Waals surface area contributed by atoms with E-state index in [9.17, 15) is 4.79 Å². The highest BCUT2D eigenvalue weighted by atomic mass is 127. The van der Waals surface area contributed by atoms with Crippen molar-refractivity contribution < 1.29 is 9.90 Å². The van der Waals surface area contributed by atoms with Gasteiger partial charge in [0.1, 0.15) is 10.6 Å². The third-order valence-electron chi connectivity index (χ3n) is 2.26. The minimum Gasteiger partial charge on any atom is -0.478 e. The van der Waals surface area contributed by atoms with Gasteiger partial charge in [-0.05, 0) is 75.2 Å². The number of hydrogen-bond acceptors (Lipinski definition) is 4. The average molecular weight is 439 g/mol. The summed E-state index contributed by atoms with van der Waals surface area (Å²) in [5.74, 6) is -0.967. The van der Waals surface area contributed by atoms with Crippen LogP contribution in [0.1, 0.15) is 16.1 Å². The number of aromatic carboxylic acids is 1. The van der Waals surface area contributed by atoms with E-state index in [0.29, 0.717) is 10.7 Å². The zero-order valence-electron chi connectivity index (χ0n) is 9.20. The maximum atomic E-state index is 11.1. The Hall–Kier alpha value is -0.670. The fourth-order valence-corrected chi connectivity index (χ4v) is 3.62. The van der Waals surface area contributed by atoms with Crippen molar-refractivity contribution in [1.82, 2.24) is 4.37 Å². The Morgan fingerprint density at radius 1 is 1.56 bits per heavy atom. The van der Waals surface area contributed by atoms with Crippen molar-refractivity contribution in [3.63, 3.8) is 0 Å². The number of aromatic nitrogens is 1. The number of halogens is 2. The van der Waals surface area contributed by atoms with Crippen molar-refractivity contribution in [2.24, 2.45) is 0 Å². The molecule has 1 heterocycles. The standard InChI is InChI=1S/C11H8BrIN2O2S/c1-5-9(11(16)17)10(18-15-5)14-8-3-2-6(13)4-7(8)12/h2-4,14H,1H3,(H,16,17). The van der Waals surface area contributed by atoms with Gasteiger partial charge in [0.05, 0.1) is 11.4 Å². The number of nitrogens with zero attached hydrogens (tertiary/aromatic N) is 1. The summed E-state index contributed by atoms with van der Waals surface area (Å²) in [6, 6.07) is 5.80. The highest BCUT2D eigenvalue weighted by molar-refractivity contribution is 14.1. The van der Waals surface area contributed by atoms with Crippen LogP contribution in [0.15, 0.2) is 22.7 Å². The number of aryl methyl sites for hydroxylation is 1. The Morgan fingerprint density at radius 3 is 2.89 bits per heavy atom. The molecule has 0 aliphatic carbocycles. The lowest BCUT2D eigenvalue weighted by Gasteiger charge is -2.07. The van der Waals surface area contributed by atoms with Crippen LogP contribution in [0.25, 0.3) is 0 Å². The first-order valence-corrected chi connectivity index (χ1v) is 7.55. The van der Waals surface area contributed by atoms with Gasteiger partial charge >= 0.3 is 5.97 Å². The average Bonchev–Trinajstić information content (AvgIpc) is 2.64. The van der Waals surface area contributed by atoms with Crippen LogP contribution < -0.4 is 5.32 Å². The first-order valence-electron chi connectivity index (χ1n) is 4.90. The molecule has 18 heavy (non-hydrogen) atoms. The van der Waals surface area contributed by atoms with Crippen LogP contribution >= 0.6 is 50.1 Å². The number of carbonyl (C=O) groups is 1. The molecule has 0 atom stereocenters. The molecule has 2 N–H and O–H groups in total. The predicted octanol–water partition coefficient (Wildman–Crippen LogP) is 4.26. The lowest BCUT2D eigenvalue weighted by molar-refractivity contribution is 0.0697. The van der Waals surface area contributed by atoms with Gasteiger partial charge in [-0.1, -0.05) is 0 Å². The number of nitrogens with one attached hydrogen (secondary N) is 1. The van der Waals surface area contributed by atoms with E-state index in [1.54, 1.807) is 6.92 Å². The lowest BCUT2D eigenvalue weighted by Crippen LogP contribution is -2.01. The molecule has 4 nitrogen and oxygen atoms in total. The molecule has 7 heteroatoms. The van der Waals surface area contributed by atoms with Gasteiger partial charge in [0.15, 0.2) is 0 Å². The zero-order valence-corrected chi connectivity index (χ0v) is 13.8. The summed E-state index contributed by atoms with van der Waals surface area (Å²) in [5, 5.41) is 12.8. The van der Waals surface area contributed by atoms with Crippen molar-refractivity contribution in [1.29, 1.82) is 0 Å². The third kappa shape index (κ3) is 2.83. The van der Waals surface area contributed by atoms with Gasteiger partial charge in [0, 0.05) is 8.04 Å². The highest BCUT2D eigenvalue weighted by Gasteiger charge is 2.18. The van der Waals surface area contributed by atoms with E-state index in [-0.39, 0.29) is 5.56 Å². The molecule has 0 saturated heterocycles. The van der Waals surface area contributed by atoms with E-state index in [4.69, 9.17) is 5.11 Å². The number of benzene rings is 1. The second-order valence-electron chi connectivity index (χ2n) is 3.53. The second kappa shape index (κ2) is 5.54. The maximum absolute atomic E-state index is 11.1. The monoisotopic (exact) mass is 438 g/mol. The second-order valence-corrected chi connectivity index (χ2v) is 6.40. The normalized spacial score (nSPS) is 10.4. The molecular weight excluding hydrogens is 431 g/mol. The highest BCUT2D eigenvalue weighted by Crippen LogP contribution is 2.32. The van der Waals surface area contributed by atoms with Crippen molar-refractivity contribution in [3.8, 4) is 0 Å². The summed E-state index contributed by atoms with van der Waals surface area (Å²) in [4.78, 5) is 11.1. The van der Waals surface area contributed by atoms with Gasteiger partial charge < -0.3 is 10.4 Å². The molecule has 1 aromatic carbocycles. The number of carboxylic acid groups (broad SMARTS) is 1. The smallest absolute Gasteiger partial charge is 0.340 e. The number of carboxylic acids is 1. The van der Waals surface area contributed by atoms with Crippen LogP contribution in [-0.4, -0.2) is 15.4 Å². The summed E-state index contributed by atoms with van der Waals surface area (Å²) in [6.45, 7) is 1.69. The SMILES string of the molecule is Cc1nsc(Nc2ccc(I)cc2Br)c1C(=O)O. The van der Waals surface area contributed by atoms with Crippen molar-refractivity contribution >= 4 is 66.7 Å². The summed E-state index contributed by atoms with van der Waals surface area (Å²) in [6.07, 6.45) is 0. The first-order chi connectivity index (χ1) is 8.49. The minimum absolute atomic E-state index is 0.227. The molecule has 0 unspecified atom stereocenters. The van der Waals surface area contributed by atoms with Crippen LogP contribution in [0.5, 0.6) is 0 Å². The fraction of sp³-hybridized carbons (Fsp3) is 0.0909. The van der Waals surface area contributed by atoms with Crippen LogP contribution in [0.3, 0.4) is 0 Å². The maximum Gasteiger partial charge on any atom is 0.340 e. The Labute approximate surface area is 130 Å². The van der Waals surface area contributed by atoms with E-state index >= 15 is 0 Å². The Balaban J connectivity index is 2.37. The largest absolute Gasteiger partial charge is 0.478 e. The van der Waals surface area contributed by atoms with Crippen LogP contribution in [0.2, 0.25) is 0 Å². The number of anilines is 2. The molecule has 2 rings (SSSR count). The van der Waals surface area contributed by atoms with Crippen LogP contribution in [0.4, 0.5) is 10.7 Å². The van der Waals surface area contributed by atoms with E-state index < -0.39 is 5.97 Å². The molecule has 0 spiro atoms. The molecule has 0 aliphatic rings. The molecule has 2 aromatic rings. The van der Waals surface area contributed by atoms with Gasteiger partial charge in [-0.3, -0.25) is 0 Å². The van der Waals surface area contributed by atoms with Gasteiger partial charge in [0.25, 0.3) is 0 Å². The van der Waals surface area contributed by atoms with Gasteiger partial charge in [-0.2, -0.15) is 4.37 Å². The molecule has 0 bridgehead atoms. The van der Waals surface area contributed by atoms with Gasteiger partial charge in [-0.15, -0.1) is 0 Å². The summed E-state index contributed by atoms with van der Waals surface area (Å²) in [7, 11) is 0. The third-order valence-corrected chi connectivity index (χ3v) is 4.44. The Morgan fingerprint density at radius 2 is 2.28 bits per heavy atom. The van der Waals surface area contributed by atoms with Crippen LogP contribution in [-0.2, 0) is 0 Å². The molecule has 0 aliphatic heterocycles. The molecule has 0 fully saturated rings. The van der Waals surface area contributed by atoms with Crippen molar-refractivity contribution in [2.45, 2.75) is 6.92 Å². The van der Waals surface area contributed by atoms with Gasteiger partial charge in [-0.25, -0.2) is 4.79 Å². The van der Waals surface area contributed by atoms with E-state index in [0.717, 1.165) is 25.3 Å². The molecule has 1 aromatic heterocycles. The van der Waals surface area contributed by atoms with E-state index in [1.807, 2.05) is 18.2 Å². The predicted molar refractivity (Wildman–Crippen MR) is 84.0 cm³/mol. The molecule has 94 valence electrons. The van der Waals surface area contributed by atoms with E-state index in [2.05, 4.69) is 48.2 Å². The summed E-state index contributed by atoms with van der Waals surface area (Å²) < 4.78 is 6.05. The molecular formula is C11H8BrIN2O2S. The quantitative estimate of drug-likeness (QED) is 0.703. The summed E-state index contributed by atoms with van der Waals surface area (Å²) >= 11 is 6.80. The summed E-state index contributed by atoms with van der Waals surface area (Å²) in [5.41, 5.74) is 1.57.